The van der Waals surface area contributed by atoms with E-state index in [2.05, 4.69) is 0 Å². The van der Waals surface area contributed by atoms with E-state index in [4.69, 9.17) is 23.2 Å². The first kappa shape index (κ1) is 12.7. The molecule has 92 valence electrons. The molecular weight excluding hydrogens is 257 g/mol. The lowest BCUT2D eigenvalue weighted by molar-refractivity contribution is -0.131. The van der Waals surface area contributed by atoms with Crippen molar-refractivity contribution in [3.05, 3.63) is 34.9 Å². The van der Waals surface area contributed by atoms with Crippen molar-refractivity contribution in [2.45, 2.75) is 24.6 Å². The standard InChI is InChI=1S/C13H15Cl2NO/c14-11-6-4-5-10(9-11)12(15)13(17)16-7-2-1-3-8-16/h4-6,9,12H,1-3,7-8H2. The Morgan fingerprint density at radius 3 is 2.59 bits per heavy atom. The van der Waals surface area contributed by atoms with Gasteiger partial charge in [-0.15, -0.1) is 11.6 Å². The lowest BCUT2D eigenvalue weighted by Crippen LogP contribution is -2.37. The van der Waals surface area contributed by atoms with E-state index >= 15 is 0 Å². The van der Waals surface area contributed by atoms with Gasteiger partial charge in [-0.1, -0.05) is 23.7 Å². The number of amides is 1. The fourth-order valence-electron chi connectivity index (χ4n) is 2.08. The minimum atomic E-state index is -0.619. The number of carbonyl (C=O) groups is 1. The summed E-state index contributed by atoms with van der Waals surface area (Å²) in [6, 6.07) is 7.18. The van der Waals surface area contributed by atoms with Crippen LogP contribution < -0.4 is 0 Å². The van der Waals surface area contributed by atoms with Crippen LogP contribution in [0.15, 0.2) is 24.3 Å². The third-order valence-corrected chi connectivity index (χ3v) is 3.70. The van der Waals surface area contributed by atoms with Gasteiger partial charge in [0.1, 0.15) is 5.38 Å². The summed E-state index contributed by atoms with van der Waals surface area (Å²) in [5.74, 6) is -0.00590. The Labute approximate surface area is 112 Å². The third kappa shape index (κ3) is 3.14. The van der Waals surface area contributed by atoms with Gasteiger partial charge >= 0.3 is 0 Å². The highest BCUT2D eigenvalue weighted by Gasteiger charge is 2.24. The number of halogens is 2. The summed E-state index contributed by atoms with van der Waals surface area (Å²) in [7, 11) is 0. The number of hydrogen-bond acceptors (Lipinski definition) is 1. The molecule has 1 atom stereocenters. The normalized spacial score (nSPS) is 17.9. The topological polar surface area (TPSA) is 20.3 Å². The lowest BCUT2D eigenvalue weighted by atomic mass is 10.1. The van der Waals surface area contributed by atoms with Crippen LogP contribution in [0, 0.1) is 0 Å². The first-order chi connectivity index (χ1) is 8.18. The van der Waals surface area contributed by atoms with Crippen LogP contribution in [-0.2, 0) is 4.79 Å². The van der Waals surface area contributed by atoms with Crippen LogP contribution in [0.4, 0.5) is 0 Å². The Hall–Kier alpha value is -0.730. The molecule has 0 saturated carbocycles. The number of piperidine rings is 1. The highest BCUT2D eigenvalue weighted by Crippen LogP contribution is 2.26. The summed E-state index contributed by atoms with van der Waals surface area (Å²) in [6.45, 7) is 1.64. The molecule has 2 rings (SSSR count). The molecule has 1 aromatic rings. The second kappa shape index (κ2) is 5.74. The molecular formula is C13H15Cl2NO. The van der Waals surface area contributed by atoms with Crippen LogP contribution in [0.1, 0.15) is 30.2 Å². The fourth-order valence-corrected chi connectivity index (χ4v) is 2.55. The zero-order chi connectivity index (χ0) is 12.3. The predicted molar refractivity (Wildman–Crippen MR) is 70.5 cm³/mol. The van der Waals surface area contributed by atoms with Crippen LogP contribution in [0.25, 0.3) is 0 Å². The zero-order valence-electron chi connectivity index (χ0n) is 9.53. The average molecular weight is 272 g/mol. The quantitative estimate of drug-likeness (QED) is 0.753. The Bertz CT molecular complexity index is 402. The highest BCUT2D eigenvalue weighted by atomic mass is 35.5. The molecule has 1 heterocycles. The predicted octanol–water partition coefficient (Wildman–Crippen LogP) is 3.63. The number of nitrogens with zero attached hydrogens (tertiary/aromatic N) is 1. The summed E-state index contributed by atoms with van der Waals surface area (Å²) >= 11 is 12.1. The van der Waals surface area contributed by atoms with Gasteiger partial charge < -0.3 is 4.90 Å². The van der Waals surface area contributed by atoms with Crippen molar-refractivity contribution in [3.63, 3.8) is 0 Å². The van der Waals surface area contributed by atoms with Crippen LogP contribution in [0.5, 0.6) is 0 Å². The Morgan fingerprint density at radius 2 is 1.94 bits per heavy atom. The highest BCUT2D eigenvalue weighted by molar-refractivity contribution is 6.32. The molecule has 0 spiro atoms. The second-order valence-electron chi connectivity index (χ2n) is 4.30. The molecule has 1 saturated heterocycles. The van der Waals surface area contributed by atoms with Gasteiger partial charge in [0.2, 0.25) is 5.91 Å². The van der Waals surface area contributed by atoms with Crippen molar-refractivity contribution in [1.82, 2.24) is 4.90 Å². The van der Waals surface area contributed by atoms with Gasteiger partial charge in [-0.2, -0.15) is 0 Å². The number of benzene rings is 1. The lowest BCUT2D eigenvalue weighted by Gasteiger charge is -2.28. The molecule has 1 amide bonds. The van der Waals surface area contributed by atoms with E-state index in [1.54, 1.807) is 12.1 Å². The minimum Gasteiger partial charge on any atom is -0.341 e. The van der Waals surface area contributed by atoms with Gasteiger partial charge in [0, 0.05) is 18.1 Å². The Kier molecular flexibility index (Phi) is 4.30. The Morgan fingerprint density at radius 1 is 1.24 bits per heavy atom. The van der Waals surface area contributed by atoms with Gasteiger partial charge in [-0.3, -0.25) is 4.79 Å². The van der Waals surface area contributed by atoms with E-state index in [1.807, 2.05) is 17.0 Å². The summed E-state index contributed by atoms with van der Waals surface area (Å²) in [5, 5.41) is -0.00797. The monoisotopic (exact) mass is 271 g/mol. The van der Waals surface area contributed by atoms with E-state index in [0.717, 1.165) is 31.5 Å². The van der Waals surface area contributed by atoms with Crippen LogP contribution >= 0.6 is 23.2 Å². The van der Waals surface area contributed by atoms with Gasteiger partial charge in [0.25, 0.3) is 0 Å². The van der Waals surface area contributed by atoms with Gasteiger partial charge in [0.15, 0.2) is 0 Å². The Balaban J connectivity index is 2.08. The number of carbonyl (C=O) groups excluding carboxylic acids is 1. The molecule has 1 unspecified atom stereocenters. The number of likely N-dealkylation sites (tertiary alicyclic amines) is 1. The maximum Gasteiger partial charge on any atom is 0.245 e. The smallest absolute Gasteiger partial charge is 0.245 e. The van der Waals surface area contributed by atoms with Gasteiger partial charge in [-0.25, -0.2) is 0 Å². The average Bonchev–Trinajstić information content (AvgIpc) is 2.38. The first-order valence-corrected chi connectivity index (χ1v) is 6.68. The minimum absolute atomic E-state index is 0.00590. The van der Waals surface area contributed by atoms with E-state index in [9.17, 15) is 4.79 Å². The molecule has 4 heteroatoms. The summed E-state index contributed by atoms with van der Waals surface area (Å²) < 4.78 is 0. The van der Waals surface area contributed by atoms with Gasteiger partial charge in [0.05, 0.1) is 0 Å². The van der Waals surface area contributed by atoms with E-state index in [-0.39, 0.29) is 5.91 Å². The van der Waals surface area contributed by atoms with Crippen molar-refractivity contribution >= 4 is 29.1 Å². The molecule has 0 bridgehead atoms. The molecule has 1 aliphatic rings. The largest absolute Gasteiger partial charge is 0.341 e. The maximum absolute atomic E-state index is 12.2. The SMILES string of the molecule is O=C(C(Cl)c1cccc(Cl)c1)N1CCCCC1. The van der Waals surface area contributed by atoms with E-state index < -0.39 is 5.38 Å². The second-order valence-corrected chi connectivity index (χ2v) is 5.18. The number of alkyl halides is 1. The molecule has 1 aromatic carbocycles. The molecule has 17 heavy (non-hydrogen) atoms. The summed E-state index contributed by atoms with van der Waals surface area (Å²) in [5.41, 5.74) is 0.773. The maximum atomic E-state index is 12.2. The number of hydrogen-bond donors (Lipinski definition) is 0. The van der Waals surface area contributed by atoms with Crippen LogP contribution in [0.3, 0.4) is 0 Å². The molecule has 0 N–H and O–H groups in total. The fraction of sp³-hybridized carbons (Fsp3) is 0.462. The van der Waals surface area contributed by atoms with Crippen molar-refractivity contribution in [2.24, 2.45) is 0 Å². The molecule has 1 fully saturated rings. The van der Waals surface area contributed by atoms with Crippen molar-refractivity contribution in [3.8, 4) is 0 Å². The molecule has 0 radical (unpaired) electrons. The van der Waals surface area contributed by atoms with Crippen molar-refractivity contribution < 1.29 is 4.79 Å². The van der Waals surface area contributed by atoms with Crippen LogP contribution in [0.2, 0.25) is 5.02 Å². The molecule has 2 nitrogen and oxygen atoms in total. The number of rotatable bonds is 2. The van der Waals surface area contributed by atoms with E-state index in [1.165, 1.54) is 6.42 Å². The summed E-state index contributed by atoms with van der Waals surface area (Å²) in [4.78, 5) is 14.0. The zero-order valence-corrected chi connectivity index (χ0v) is 11.0. The van der Waals surface area contributed by atoms with E-state index in [0.29, 0.717) is 5.02 Å². The summed E-state index contributed by atoms with van der Waals surface area (Å²) in [6.07, 6.45) is 3.35. The third-order valence-electron chi connectivity index (χ3n) is 3.03. The van der Waals surface area contributed by atoms with Crippen LogP contribution in [-0.4, -0.2) is 23.9 Å². The molecule has 0 aromatic heterocycles. The molecule has 0 aliphatic carbocycles. The van der Waals surface area contributed by atoms with Crippen molar-refractivity contribution in [2.75, 3.05) is 13.1 Å². The first-order valence-electron chi connectivity index (χ1n) is 5.87. The van der Waals surface area contributed by atoms with Crippen molar-refractivity contribution in [1.29, 1.82) is 0 Å². The van der Waals surface area contributed by atoms with Gasteiger partial charge in [-0.05, 0) is 37.0 Å². The molecule has 1 aliphatic heterocycles.